The minimum Gasteiger partial charge on any atom is -0.490 e. The van der Waals surface area contributed by atoms with Gasteiger partial charge in [-0.3, -0.25) is 4.68 Å². The van der Waals surface area contributed by atoms with Gasteiger partial charge in [-0.05, 0) is 24.6 Å². The van der Waals surface area contributed by atoms with Crippen LogP contribution in [0.15, 0.2) is 36.7 Å². The van der Waals surface area contributed by atoms with Gasteiger partial charge in [-0.15, -0.1) is 0 Å². The lowest BCUT2D eigenvalue weighted by molar-refractivity contribution is 0.288. The van der Waals surface area contributed by atoms with Crippen molar-refractivity contribution in [2.24, 2.45) is 5.92 Å². The molecule has 1 aromatic carbocycles. The highest BCUT2D eigenvalue weighted by Crippen LogP contribution is 2.28. The molecule has 0 aliphatic carbocycles. The summed E-state index contributed by atoms with van der Waals surface area (Å²) in [4.78, 5) is 0. The van der Waals surface area contributed by atoms with E-state index in [1.807, 2.05) is 35.1 Å². The largest absolute Gasteiger partial charge is 0.490 e. The topological polar surface area (TPSA) is 39.1 Å². The second kappa shape index (κ2) is 8.05. The van der Waals surface area contributed by atoms with Gasteiger partial charge in [-0.1, -0.05) is 37.6 Å². The first-order valence-electron chi connectivity index (χ1n) is 7.25. The zero-order valence-corrected chi connectivity index (χ0v) is 13.3. The molecule has 0 spiro atoms. The quantitative estimate of drug-likeness (QED) is 0.813. The zero-order chi connectivity index (χ0) is 15.1. The fourth-order valence-corrected chi connectivity index (χ4v) is 2.27. The highest BCUT2D eigenvalue weighted by Gasteiger charge is 2.08. The van der Waals surface area contributed by atoms with Gasteiger partial charge in [-0.2, -0.15) is 5.10 Å². The molecular weight excluding hydrogens is 286 g/mol. The van der Waals surface area contributed by atoms with E-state index in [9.17, 15) is 0 Å². The van der Waals surface area contributed by atoms with Crippen molar-refractivity contribution in [3.8, 4) is 5.75 Å². The van der Waals surface area contributed by atoms with E-state index in [1.165, 1.54) is 0 Å². The number of halogens is 1. The summed E-state index contributed by atoms with van der Waals surface area (Å²) in [6.45, 7) is 7.35. The van der Waals surface area contributed by atoms with E-state index < -0.39 is 0 Å². The molecule has 21 heavy (non-hydrogen) atoms. The Morgan fingerprint density at radius 2 is 2.19 bits per heavy atom. The molecule has 5 heteroatoms. The molecule has 114 valence electrons. The third-order valence-electron chi connectivity index (χ3n) is 3.04. The Morgan fingerprint density at radius 1 is 1.33 bits per heavy atom. The van der Waals surface area contributed by atoms with Crippen LogP contribution in [0.5, 0.6) is 5.75 Å². The van der Waals surface area contributed by atoms with Crippen molar-refractivity contribution in [1.29, 1.82) is 0 Å². The van der Waals surface area contributed by atoms with Crippen LogP contribution < -0.4 is 10.1 Å². The average molecular weight is 308 g/mol. The Kier molecular flexibility index (Phi) is 6.08. The summed E-state index contributed by atoms with van der Waals surface area (Å²) in [7, 11) is 0. The summed E-state index contributed by atoms with van der Waals surface area (Å²) in [6.07, 6.45) is 3.68. The predicted molar refractivity (Wildman–Crippen MR) is 85.7 cm³/mol. The van der Waals surface area contributed by atoms with Crippen LogP contribution in [0, 0.1) is 5.92 Å². The van der Waals surface area contributed by atoms with Gasteiger partial charge in [0.05, 0.1) is 11.6 Å². The van der Waals surface area contributed by atoms with Gasteiger partial charge in [-0.25, -0.2) is 0 Å². The standard InChI is InChI=1S/C16H22ClN3O/c1-13(2)11-18-12-14-5-3-6-15(17)16(14)21-10-9-20-8-4-7-19-20/h3-8,13,18H,9-12H2,1-2H3. The molecule has 0 saturated heterocycles. The van der Waals surface area contributed by atoms with Gasteiger partial charge in [0.25, 0.3) is 0 Å². The fraction of sp³-hybridized carbons (Fsp3) is 0.438. The molecule has 1 aromatic heterocycles. The molecule has 4 nitrogen and oxygen atoms in total. The van der Waals surface area contributed by atoms with Crippen molar-refractivity contribution < 1.29 is 4.74 Å². The van der Waals surface area contributed by atoms with E-state index in [1.54, 1.807) is 6.20 Å². The first-order valence-corrected chi connectivity index (χ1v) is 7.63. The number of aromatic nitrogens is 2. The van der Waals surface area contributed by atoms with Crippen LogP contribution in [-0.2, 0) is 13.1 Å². The Balaban J connectivity index is 1.93. The van der Waals surface area contributed by atoms with Crippen molar-refractivity contribution >= 4 is 11.6 Å². The molecule has 2 aromatic rings. The maximum atomic E-state index is 6.26. The summed E-state index contributed by atoms with van der Waals surface area (Å²) < 4.78 is 7.71. The number of benzene rings is 1. The van der Waals surface area contributed by atoms with Crippen LogP contribution in [0.3, 0.4) is 0 Å². The first-order chi connectivity index (χ1) is 10.2. The molecule has 1 heterocycles. The Labute approximate surface area is 131 Å². The lowest BCUT2D eigenvalue weighted by atomic mass is 10.2. The van der Waals surface area contributed by atoms with Crippen LogP contribution >= 0.6 is 11.6 Å². The number of hydrogen-bond donors (Lipinski definition) is 1. The Morgan fingerprint density at radius 3 is 2.90 bits per heavy atom. The van der Waals surface area contributed by atoms with Crippen molar-refractivity contribution in [3.63, 3.8) is 0 Å². The molecule has 0 aliphatic heterocycles. The second-order valence-corrected chi connectivity index (χ2v) is 5.78. The molecule has 0 fully saturated rings. The monoisotopic (exact) mass is 307 g/mol. The van der Waals surface area contributed by atoms with Crippen LogP contribution in [0.2, 0.25) is 5.02 Å². The number of ether oxygens (including phenoxy) is 1. The van der Waals surface area contributed by atoms with E-state index in [-0.39, 0.29) is 0 Å². The maximum absolute atomic E-state index is 6.26. The van der Waals surface area contributed by atoms with E-state index in [4.69, 9.17) is 16.3 Å². The van der Waals surface area contributed by atoms with Gasteiger partial charge in [0.1, 0.15) is 12.4 Å². The first kappa shape index (κ1) is 15.9. The lowest BCUT2D eigenvalue weighted by Gasteiger charge is -2.14. The van der Waals surface area contributed by atoms with Gasteiger partial charge < -0.3 is 10.1 Å². The number of hydrogen-bond acceptors (Lipinski definition) is 3. The SMILES string of the molecule is CC(C)CNCc1cccc(Cl)c1OCCn1cccn1. The summed E-state index contributed by atoms with van der Waals surface area (Å²) in [5.74, 6) is 1.39. The minimum atomic E-state index is 0.544. The van der Waals surface area contributed by atoms with Crippen LogP contribution in [0.1, 0.15) is 19.4 Å². The highest BCUT2D eigenvalue weighted by atomic mass is 35.5. The predicted octanol–water partition coefficient (Wildman–Crippen LogP) is 3.36. The normalized spacial score (nSPS) is 11.0. The van der Waals surface area contributed by atoms with Crippen LogP contribution in [0.4, 0.5) is 0 Å². The molecule has 0 unspecified atom stereocenters. The molecule has 0 atom stereocenters. The van der Waals surface area contributed by atoms with Crippen molar-refractivity contribution in [3.05, 3.63) is 47.2 Å². The van der Waals surface area contributed by atoms with E-state index in [0.717, 1.165) is 24.4 Å². The Hall–Kier alpha value is -1.52. The number of rotatable bonds is 8. The van der Waals surface area contributed by atoms with E-state index >= 15 is 0 Å². The van der Waals surface area contributed by atoms with Crippen molar-refractivity contribution in [2.45, 2.75) is 26.9 Å². The summed E-state index contributed by atoms with van der Waals surface area (Å²) in [6, 6.07) is 7.75. The molecule has 0 bridgehead atoms. The maximum Gasteiger partial charge on any atom is 0.142 e. The van der Waals surface area contributed by atoms with Gasteiger partial charge in [0, 0.05) is 24.5 Å². The van der Waals surface area contributed by atoms with Gasteiger partial charge >= 0.3 is 0 Å². The van der Waals surface area contributed by atoms with Gasteiger partial charge in [0.15, 0.2) is 0 Å². The third-order valence-corrected chi connectivity index (χ3v) is 3.34. The molecule has 0 aliphatic rings. The number of nitrogens with one attached hydrogen (secondary N) is 1. The van der Waals surface area contributed by atoms with E-state index in [2.05, 4.69) is 24.3 Å². The molecule has 1 N–H and O–H groups in total. The smallest absolute Gasteiger partial charge is 0.142 e. The summed E-state index contributed by atoms with van der Waals surface area (Å²) in [5, 5.41) is 8.22. The number of nitrogens with zero attached hydrogens (tertiary/aromatic N) is 2. The highest BCUT2D eigenvalue weighted by molar-refractivity contribution is 6.32. The van der Waals surface area contributed by atoms with Crippen molar-refractivity contribution in [2.75, 3.05) is 13.2 Å². The zero-order valence-electron chi connectivity index (χ0n) is 12.6. The van der Waals surface area contributed by atoms with Gasteiger partial charge in [0.2, 0.25) is 0 Å². The minimum absolute atomic E-state index is 0.544. The van der Waals surface area contributed by atoms with Crippen LogP contribution in [-0.4, -0.2) is 22.9 Å². The molecule has 2 rings (SSSR count). The van der Waals surface area contributed by atoms with Crippen LogP contribution in [0.25, 0.3) is 0 Å². The fourth-order valence-electron chi connectivity index (χ4n) is 2.02. The second-order valence-electron chi connectivity index (χ2n) is 5.37. The third kappa shape index (κ3) is 5.06. The Bertz CT molecular complexity index is 540. The molecular formula is C16H22ClN3O. The summed E-state index contributed by atoms with van der Waals surface area (Å²) in [5.41, 5.74) is 1.09. The van der Waals surface area contributed by atoms with Crippen molar-refractivity contribution in [1.82, 2.24) is 15.1 Å². The van der Waals surface area contributed by atoms with E-state index in [0.29, 0.717) is 24.1 Å². The molecule has 0 amide bonds. The lowest BCUT2D eigenvalue weighted by Crippen LogP contribution is -2.19. The number of para-hydroxylation sites is 1. The average Bonchev–Trinajstić information content (AvgIpc) is 2.94. The molecule has 0 saturated carbocycles. The molecule has 0 radical (unpaired) electrons. The summed E-state index contributed by atoms with van der Waals surface area (Å²) >= 11 is 6.26.